The van der Waals surface area contributed by atoms with E-state index in [0.717, 1.165) is 23.8 Å². The minimum atomic E-state index is -3.43. The summed E-state index contributed by atoms with van der Waals surface area (Å²) in [6.45, 7) is 9.20. The number of hydrogen-bond donors (Lipinski definition) is 1. The van der Waals surface area contributed by atoms with Gasteiger partial charge in [-0.3, -0.25) is 0 Å². The highest BCUT2D eigenvalue weighted by Gasteiger charge is 2.29. The van der Waals surface area contributed by atoms with Crippen LogP contribution in [0.1, 0.15) is 25.1 Å². The summed E-state index contributed by atoms with van der Waals surface area (Å²) in [5.41, 5.74) is 1.51. The second-order valence-corrected chi connectivity index (χ2v) is 9.49. The van der Waals surface area contributed by atoms with Crippen molar-refractivity contribution < 1.29 is 17.7 Å². The van der Waals surface area contributed by atoms with Crippen LogP contribution in [-0.2, 0) is 15.8 Å². The first-order valence-corrected chi connectivity index (χ1v) is 12.1. The van der Waals surface area contributed by atoms with Crippen LogP contribution in [0.5, 0.6) is 5.75 Å². The van der Waals surface area contributed by atoms with Gasteiger partial charge in [-0.2, -0.15) is 4.31 Å². The lowest BCUT2D eigenvalue weighted by Gasteiger charge is -2.35. The summed E-state index contributed by atoms with van der Waals surface area (Å²) < 4.78 is 37.5. The molecule has 2 heterocycles. The molecule has 10 heteroatoms. The van der Waals surface area contributed by atoms with Gasteiger partial charge in [-0.15, -0.1) is 0 Å². The molecule has 1 aromatic carbocycles. The Bertz CT molecular complexity index is 954. The molecule has 9 nitrogen and oxygen atoms in total. The fraction of sp³-hybridized carbons (Fsp3) is 0.524. The number of para-hydroxylation sites is 1. The van der Waals surface area contributed by atoms with Crippen molar-refractivity contribution in [2.45, 2.75) is 32.6 Å². The van der Waals surface area contributed by atoms with Gasteiger partial charge in [0.2, 0.25) is 10.0 Å². The van der Waals surface area contributed by atoms with Crippen molar-refractivity contribution in [2.24, 2.45) is 4.99 Å². The molecular formula is C21H31N5O4S. The van der Waals surface area contributed by atoms with E-state index in [1.54, 1.807) is 6.07 Å². The Kier molecular flexibility index (Phi) is 7.91. The standard InChI is InChI=1S/C21H31N5O4S/c1-4-22-21(23-15-18(3)30-20-8-6-5-7-17(20)2)25-10-12-26(13-11-25)31(27,28)16-19-9-14-29-24-19/h5-9,14,18H,4,10-13,15-16H2,1-3H3,(H,22,23). The number of aromatic nitrogens is 1. The van der Waals surface area contributed by atoms with Crippen molar-refractivity contribution in [2.75, 3.05) is 39.3 Å². The van der Waals surface area contributed by atoms with Crippen molar-refractivity contribution in [1.29, 1.82) is 0 Å². The van der Waals surface area contributed by atoms with Gasteiger partial charge in [-0.05, 0) is 32.4 Å². The molecule has 1 fully saturated rings. The highest BCUT2D eigenvalue weighted by molar-refractivity contribution is 7.88. The van der Waals surface area contributed by atoms with E-state index in [4.69, 9.17) is 14.3 Å². The number of rotatable bonds is 8. The molecule has 31 heavy (non-hydrogen) atoms. The molecule has 1 aliphatic heterocycles. The molecule has 1 unspecified atom stereocenters. The number of hydrogen-bond acceptors (Lipinski definition) is 6. The maximum absolute atomic E-state index is 12.6. The molecular weight excluding hydrogens is 418 g/mol. The van der Waals surface area contributed by atoms with E-state index in [-0.39, 0.29) is 11.9 Å². The van der Waals surface area contributed by atoms with Crippen molar-refractivity contribution >= 4 is 16.0 Å². The van der Waals surface area contributed by atoms with E-state index in [9.17, 15) is 8.42 Å². The van der Waals surface area contributed by atoms with Gasteiger partial charge in [0.1, 0.15) is 23.9 Å². The molecule has 1 aliphatic rings. The van der Waals surface area contributed by atoms with Gasteiger partial charge in [-0.1, -0.05) is 23.4 Å². The largest absolute Gasteiger partial charge is 0.489 e. The Labute approximate surface area is 184 Å². The molecule has 0 amide bonds. The summed E-state index contributed by atoms with van der Waals surface area (Å²) in [7, 11) is -3.43. The summed E-state index contributed by atoms with van der Waals surface area (Å²) in [5, 5.41) is 7.01. The lowest BCUT2D eigenvalue weighted by atomic mass is 10.2. The first-order chi connectivity index (χ1) is 14.9. The molecule has 170 valence electrons. The average molecular weight is 450 g/mol. The van der Waals surface area contributed by atoms with Crippen LogP contribution in [0.2, 0.25) is 0 Å². The maximum atomic E-state index is 12.6. The number of aryl methyl sites for hydroxylation is 1. The average Bonchev–Trinajstić information content (AvgIpc) is 3.25. The van der Waals surface area contributed by atoms with Gasteiger partial charge in [0.15, 0.2) is 5.96 Å². The summed E-state index contributed by atoms with van der Waals surface area (Å²) >= 11 is 0. The Morgan fingerprint density at radius 3 is 2.65 bits per heavy atom. The zero-order valence-electron chi connectivity index (χ0n) is 18.3. The van der Waals surface area contributed by atoms with Gasteiger partial charge in [0, 0.05) is 38.8 Å². The highest BCUT2D eigenvalue weighted by atomic mass is 32.2. The lowest BCUT2D eigenvalue weighted by Crippen LogP contribution is -2.54. The lowest BCUT2D eigenvalue weighted by molar-refractivity contribution is 0.226. The minimum absolute atomic E-state index is 0.0844. The predicted molar refractivity (Wildman–Crippen MR) is 120 cm³/mol. The number of nitrogens with zero attached hydrogens (tertiary/aromatic N) is 4. The molecule has 0 bridgehead atoms. The molecule has 1 saturated heterocycles. The monoisotopic (exact) mass is 449 g/mol. The summed E-state index contributed by atoms with van der Waals surface area (Å²) in [6, 6.07) is 9.49. The Morgan fingerprint density at radius 2 is 2.00 bits per heavy atom. The first kappa shape index (κ1) is 23.1. The van der Waals surface area contributed by atoms with Crippen LogP contribution in [0.25, 0.3) is 0 Å². The van der Waals surface area contributed by atoms with Crippen molar-refractivity contribution in [3.05, 3.63) is 47.9 Å². The van der Waals surface area contributed by atoms with Crippen molar-refractivity contribution in [1.82, 2.24) is 19.7 Å². The van der Waals surface area contributed by atoms with Crippen molar-refractivity contribution in [3.8, 4) is 5.75 Å². The third-order valence-electron chi connectivity index (χ3n) is 5.01. The zero-order valence-corrected chi connectivity index (χ0v) is 19.1. The van der Waals surface area contributed by atoms with E-state index in [1.807, 2.05) is 45.0 Å². The van der Waals surface area contributed by atoms with Crippen LogP contribution in [0.3, 0.4) is 0 Å². The SMILES string of the molecule is CCNC(=NCC(C)Oc1ccccc1C)N1CCN(S(=O)(=O)Cc2ccon2)CC1. The fourth-order valence-electron chi connectivity index (χ4n) is 3.35. The van der Waals surface area contributed by atoms with Crippen LogP contribution < -0.4 is 10.1 Å². The molecule has 0 aliphatic carbocycles. The molecule has 1 atom stereocenters. The van der Waals surface area contributed by atoms with E-state index in [2.05, 4.69) is 15.4 Å². The van der Waals surface area contributed by atoms with Crippen LogP contribution in [-0.4, -0.2) is 74.1 Å². The number of sulfonamides is 1. The first-order valence-electron chi connectivity index (χ1n) is 10.5. The number of nitrogens with one attached hydrogen (secondary N) is 1. The van der Waals surface area contributed by atoms with Gasteiger partial charge >= 0.3 is 0 Å². The Balaban J connectivity index is 1.56. The number of guanidine groups is 1. The van der Waals surface area contributed by atoms with Crippen molar-refractivity contribution in [3.63, 3.8) is 0 Å². The maximum Gasteiger partial charge on any atom is 0.220 e. The minimum Gasteiger partial charge on any atom is -0.489 e. The van der Waals surface area contributed by atoms with E-state index in [0.29, 0.717) is 38.4 Å². The van der Waals surface area contributed by atoms with Gasteiger partial charge in [0.05, 0.1) is 12.2 Å². The Morgan fingerprint density at radius 1 is 1.26 bits per heavy atom. The topological polar surface area (TPSA) is 100 Å². The van der Waals surface area contributed by atoms with Gasteiger partial charge < -0.3 is 19.5 Å². The smallest absolute Gasteiger partial charge is 0.220 e. The van der Waals surface area contributed by atoms with Gasteiger partial charge in [-0.25, -0.2) is 13.4 Å². The summed E-state index contributed by atoms with van der Waals surface area (Å²) in [6.07, 6.45) is 1.30. The third-order valence-corrected chi connectivity index (χ3v) is 6.82. The molecule has 2 aromatic rings. The fourth-order valence-corrected chi connectivity index (χ4v) is 4.78. The molecule has 0 radical (unpaired) electrons. The highest BCUT2D eigenvalue weighted by Crippen LogP contribution is 2.18. The number of aliphatic imine (C=N–C) groups is 1. The molecule has 1 aromatic heterocycles. The number of benzene rings is 1. The van der Waals surface area contributed by atoms with Crippen LogP contribution >= 0.6 is 0 Å². The van der Waals surface area contributed by atoms with Gasteiger partial charge in [0.25, 0.3) is 0 Å². The van der Waals surface area contributed by atoms with E-state index >= 15 is 0 Å². The Hall–Kier alpha value is -2.59. The second kappa shape index (κ2) is 10.6. The third kappa shape index (κ3) is 6.44. The molecule has 1 N–H and O–H groups in total. The zero-order chi connectivity index (χ0) is 22.3. The molecule has 0 spiro atoms. The van der Waals surface area contributed by atoms with E-state index in [1.165, 1.54) is 10.6 Å². The predicted octanol–water partition coefficient (Wildman–Crippen LogP) is 1.86. The van der Waals surface area contributed by atoms with E-state index < -0.39 is 10.0 Å². The van der Waals surface area contributed by atoms with Crippen LogP contribution in [0, 0.1) is 6.92 Å². The summed E-state index contributed by atoms with van der Waals surface area (Å²) in [4.78, 5) is 6.82. The van der Waals surface area contributed by atoms with Crippen LogP contribution in [0.4, 0.5) is 0 Å². The summed E-state index contributed by atoms with van der Waals surface area (Å²) in [5.74, 6) is 1.49. The quantitative estimate of drug-likeness (QED) is 0.485. The second-order valence-electron chi connectivity index (χ2n) is 7.52. The number of ether oxygens (including phenoxy) is 1. The molecule has 0 saturated carbocycles. The number of piperazine rings is 1. The van der Waals surface area contributed by atoms with Crippen LogP contribution in [0.15, 0.2) is 46.1 Å². The molecule has 3 rings (SSSR count). The normalized spacial score (nSPS) is 16.9.